The molecule has 19 heavy (non-hydrogen) atoms. The van der Waals surface area contributed by atoms with Gasteiger partial charge in [-0.25, -0.2) is 0 Å². The monoisotopic (exact) mass is 266 g/mol. The Morgan fingerprint density at radius 3 is 2.37 bits per heavy atom. The molecule has 106 valence electrons. The van der Waals surface area contributed by atoms with Crippen molar-refractivity contribution in [1.29, 1.82) is 0 Å². The molecule has 0 aliphatic heterocycles. The van der Waals surface area contributed by atoms with Crippen LogP contribution in [0.3, 0.4) is 0 Å². The van der Waals surface area contributed by atoms with Gasteiger partial charge < -0.3 is 14.9 Å². The molecule has 0 saturated carbocycles. The predicted molar refractivity (Wildman–Crippen MR) is 73.9 cm³/mol. The summed E-state index contributed by atoms with van der Waals surface area (Å²) < 4.78 is 5.34. The molecule has 1 atom stereocenters. The van der Waals surface area contributed by atoms with Crippen molar-refractivity contribution >= 4 is 5.97 Å². The number of aliphatic hydroxyl groups excluding tert-OH is 1. The molecule has 1 aromatic carbocycles. The number of hydrogen-bond donors (Lipinski definition) is 2. The fraction of sp³-hybridized carbons (Fsp3) is 0.533. The van der Waals surface area contributed by atoms with Crippen molar-refractivity contribution in [2.45, 2.75) is 39.0 Å². The number of rotatable bonds is 5. The van der Waals surface area contributed by atoms with Gasteiger partial charge in [-0.1, -0.05) is 19.9 Å². The van der Waals surface area contributed by atoms with E-state index in [0.717, 1.165) is 16.9 Å². The lowest BCUT2D eigenvalue weighted by atomic mass is 9.79. The van der Waals surface area contributed by atoms with Crippen LogP contribution in [0.4, 0.5) is 0 Å². The highest BCUT2D eigenvalue weighted by molar-refractivity contribution is 5.82. The number of aliphatic hydroxyl groups is 1. The van der Waals surface area contributed by atoms with Gasteiger partial charge in [0.25, 0.3) is 0 Å². The highest BCUT2D eigenvalue weighted by atomic mass is 16.5. The third-order valence-electron chi connectivity index (χ3n) is 3.58. The molecular weight excluding hydrogens is 244 g/mol. The summed E-state index contributed by atoms with van der Waals surface area (Å²) in [6.07, 6.45) is 0. The smallest absolute Gasteiger partial charge is 0.316 e. The fourth-order valence-electron chi connectivity index (χ4n) is 2.19. The van der Waals surface area contributed by atoms with Crippen molar-refractivity contribution < 1.29 is 19.7 Å². The molecule has 0 heterocycles. The van der Waals surface area contributed by atoms with Crippen LogP contribution in [0.2, 0.25) is 0 Å². The molecule has 0 radical (unpaired) electrons. The molecule has 0 aliphatic carbocycles. The minimum atomic E-state index is -1.29. The molecule has 0 bridgehead atoms. The second-order valence-electron chi connectivity index (χ2n) is 5.36. The van der Waals surface area contributed by atoms with Crippen LogP contribution < -0.4 is 4.74 Å². The highest BCUT2D eigenvalue weighted by Gasteiger charge is 2.36. The predicted octanol–water partition coefficient (Wildman–Crippen LogP) is 2.46. The first-order chi connectivity index (χ1) is 8.77. The van der Waals surface area contributed by atoms with Crippen molar-refractivity contribution in [1.82, 2.24) is 0 Å². The van der Waals surface area contributed by atoms with E-state index in [0.29, 0.717) is 5.56 Å². The van der Waals surface area contributed by atoms with E-state index in [2.05, 4.69) is 0 Å². The van der Waals surface area contributed by atoms with E-state index in [9.17, 15) is 15.0 Å². The van der Waals surface area contributed by atoms with Crippen molar-refractivity contribution in [2.24, 2.45) is 0 Å². The normalized spacial score (nSPS) is 14.3. The second-order valence-corrected chi connectivity index (χ2v) is 5.36. The van der Waals surface area contributed by atoms with Gasteiger partial charge in [-0.05, 0) is 42.5 Å². The molecule has 2 N–H and O–H groups in total. The maximum absolute atomic E-state index is 11.4. The van der Waals surface area contributed by atoms with Crippen molar-refractivity contribution in [3.63, 3.8) is 0 Å². The summed E-state index contributed by atoms with van der Waals surface area (Å²) in [7, 11) is 1.60. The lowest BCUT2D eigenvalue weighted by Crippen LogP contribution is -2.37. The van der Waals surface area contributed by atoms with Crippen LogP contribution in [0.5, 0.6) is 5.75 Å². The van der Waals surface area contributed by atoms with Gasteiger partial charge in [0.2, 0.25) is 0 Å². The number of carboxylic acid groups (broad SMARTS) is 1. The van der Waals surface area contributed by atoms with Crippen LogP contribution in [0.25, 0.3) is 0 Å². The first-order valence-corrected chi connectivity index (χ1v) is 6.31. The molecular formula is C15H22O4. The Bertz CT molecular complexity index is 479. The number of aliphatic carboxylic acids is 1. The van der Waals surface area contributed by atoms with Gasteiger partial charge in [-0.3, -0.25) is 4.79 Å². The zero-order chi connectivity index (χ0) is 14.8. The Morgan fingerprint density at radius 2 is 2.00 bits per heavy atom. The summed E-state index contributed by atoms with van der Waals surface area (Å²) in [5.74, 6) is -0.0639. The zero-order valence-corrected chi connectivity index (χ0v) is 12.2. The van der Waals surface area contributed by atoms with E-state index in [-0.39, 0.29) is 5.92 Å². The number of hydrogen-bond acceptors (Lipinski definition) is 3. The Labute approximate surface area is 114 Å². The average Bonchev–Trinajstić information content (AvgIpc) is 2.36. The molecule has 1 unspecified atom stereocenters. The summed E-state index contributed by atoms with van der Waals surface area (Å²) in [5, 5.41) is 18.9. The van der Waals surface area contributed by atoms with Gasteiger partial charge in [-0.2, -0.15) is 0 Å². The Balaban J connectivity index is 3.52. The van der Waals surface area contributed by atoms with Crippen LogP contribution in [-0.2, 0) is 10.2 Å². The first-order valence-electron chi connectivity index (χ1n) is 6.31. The Hall–Kier alpha value is -1.55. The van der Waals surface area contributed by atoms with Crippen LogP contribution in [0.15, 0.2) is 12.1 Å². The van der Waals surface area contributed by atoms with Gasteiger partial charge in [0, 0.05) is 0 Å². The standard InChI is InChI=1S/C15H22O4/c1-9(2)11-7-12(10(3)6-13(11)19-5)15(4,8-16)14(17)18/h6-7,9,16H,8H2,1-5H3,(H,17,18). The molecule has 1 aromatic rings. The topological polar surface area (TPSA) is 66.8 Å². The average molecular weight is 266 g/mol. The molecule has 0 aromatic heterocycles. The van der Waals surface area contributed by atoms with Crippen LogP contribution in [-0.4, -0.2) is 29.9 Å². The fourth-order valence-corrected chi connectivity index (χ4v) is 2.19. The molecule has 1 rings (SSSR count). The van der Waals surface area contributed by atoms with Gasteiger partial charge in [0.1, 0.15) is 11.2 Å². The minimum Gasteiger partial charge on any atom is -0.496 e. The van der Waals surface area contributed by atoms with Crippen LogP contribution in [0, 0.1) is 6.92 Å². The molecule has 4 nitrogen and oxygen atoms in total. The number of ether oxygens (including phenoxy) is 1. The third kappa shape index (κ3) is 2.73. The quantitative estimate of drug-likeness (QED) is 0.859. The second kappa shape index (κ2) is 5.61. The van der Waals surface area contributed by atoms with E-state index in [1.165, 1.54) is 6.92 Å². The van der Waals surface area contributed by atoms with E-state index >= 15 is 0 Å². The first kappa shape index (κ1) is 15.5. The molecule has 0 spiro atoms. The maximum atomic E-state index is 11.4. The van der Waals surface area contributed by atoms with Gasteiger partial charge in [-0.15, -0.1) is 0 Å². The molecule has 0 fully saturated rings. The van der Waals surface area contributed by atoms with Gasteiger partial charge in [0.05, 0.1) is 13.7 Å². The lowest BCUT2D eigenvalue weighted by Gasteiger charge is -2.27. The lowest BCUT2D eigenvalue weighted by molar-refractivity contribution is -0.144. The summed E-state index contributed by atoms with van der Waals surface area (Å²) in [6.45, 7) is 6.97. The number of carboxylic acids is 1. The highest BCUT2D eigenvalue weighted by Crippen LogP contribution is 2.35. The number of aryl methyl sites for hydroxylation is 1. The summed E-state index contributed by atoms with van der Waals surface area (Å²) in [5.41, 5.74) is 1.09. The van der Waals surface area contributed by atoms with Crippen molar-refractivity contribution in [3.05, 3.63) is 28.8 Å². The number of benzene rings is 1. The Morgan fingerprint density at radius 1 is 1.42 bits per heavy atom. The number of methoxy groups -OCH3 is 1. The van der Waals surface area contributed by atoms with Crippen molar-refractivity contribution in [3.8, 4) is 5.75 Å². The number of carbonyl (C=O) groups is 1. The third-order valence-corrected chi connectivity index (χ3v) is 3.58. The van der Waals surface area contributed by atoms with E-state index < -0.39 is 18.0 Å². The van der Waals surface area contributed by atoms with Gasteiger partial charge in [0.15, 0.2) is 0 Å². The zero-order valence-electron chi connectivity index (χ0n) is 12.2. The van der Waals surface area contributed by atoms with Crippen LogP contribution >= 0.6 is 0 Å². The van der Waals surface area contributed by atoms with E-state index in [1.54, 1.807) is 7.11 Å². The minimum absolute atomic E-state index is 0.214. The van der Waals surface area contributed by atoms with E-state index in [1.807, 2.05) is 32.9 Å². The largest absolute Gasteiger partial charge is 0.496 e. The van der Waals surface area contributed by atoms with Crippen LogP contribution in [0.1, 0.15) is 43.4 Å². The molecule has 0 amide bonds. The molecule has 0 saturated heterocycles. The summed E-state index contributed by atoms with van der Waals surface area (Å²) >= 11 is 0. The van der Waals surface area contributed by atoms with Crippen molar-refractivity contribution in [2.75, 3.05) is 13.7 Å². The summed E-state index contributed by atoms with van der Waals surface area (Å²) in [6, 6.07) is 3.67. The molecule has 4 heteroatoms. The maximum Gasteiger partial charge on any atom is 0.316 e. The summed E-state index contributed by atoms with van der Waals surface area (Å²) in [4.78, 5) is 11.4. The molecule has 0 aliphatic rings. The van der Waals surface area contributed by atoms with Gasteiger partial charge >= 0.3 is 5.97 Å². The SMILES string of the molecule is COc1cc(C)c(C(C)(CO)C(=O)O)cc1C(C)C. The van der Waals surface area contributed by atoms with E-state index in [4.69, 9.17) is 4.74 Å². The Kier molecular flexibility index (Phi) is 4.58.